The molecule has 0 saturated carbocycles. The Bertz CT molecular complexity index is 798. The first-order valence-corrected chi connectivity index (χ1v) is 6.55. The van der Waals surface area contributed by atoms with Crippen molar-refractivity contribution in [3.05, 3.63) is 59.2 Å². The van der Waals surface area contributed by atoms with Crippen LogP contribution in [0, 0.1) is 12.7 Å². The van der Waals surface area contributed by atoms with Crippen LogP contribution >= 0.6 is 0 Å². The number of hydrogen-bond donors (Lipinski definition) is 1. The van der Waals surface area contributed by atoms with Gasteiger partial charge in [0, 0.05) is 11.8 Å². The van der Waals surface area contributed by atoms with E-state index in [1.807, 2.05) is 19.1 Å². The fourth-order valence-electron chi connectivity index (χ4n) is 2.34. The van der Waals surface area contributed by atoms with Crippen LogP contribution in [0.4, 0.5) is 4.39 Å². The minimum absolute atomic E-state index is 0.274. The Balaban J connectivity index is 2.10. The standard InChI is InChI=1S/C16H15FN2O2/c1-9-6-7-12-11(19-9)8-14(21-12)16(18)15-10(17)4-3-5-13(15)20-2/h3-8,16H,18H2,1-2H3. The van der Waals surface area contributed by atoms with Crippen LogP contribution in [0.3, 0.4) is 0 Å². The van der Waals surface area contributed by atoms with Crippen molar-refractivity contribution < 1.29 is 13.5 Å². The zero-order valence-corrected chi connectivity index (χ0v) is 11.8. The van der Waals surface area contributed by atoms with Crippen molar-refractivity contribution in [1.29, 1.82) is 0 Å². The molecule has 1 unspecified atom stereocenters. The fourth-order valence-corrected chi connectivity index (χ4v) is 2.34. The highest BCUT2D eigenvalue weighted by Gasteiger charge is 2.22. The summed E-state index contributed by atoms with van der Waals surface area (Å²) in [6.45, 7) is 1.89. The van der Waals surface area contributed by atoms with E-state index in [4.69, 9.17) is 14.9 Å². The predicted molar refractivity (Wildman–Crippen MR) is 77.7 cm³/mol. The fraction of sp³-hybridized carbons (Fsp3) is 0.188. The van der Waals surface area contributed by atoms with Gasteiger partial charge in [0.2, 0.25) is 0 Å². The third-order valence-corrected chi connectivity index (χ3v) is 3.38. The van der Waals surface area contributed by atoms with Gasteiger partial charge in [0.05, 0.1) is 18.7 Å². The third-order valence-electron chi connectivity index (χ3n) is 3.38. The quantitative estimate of drug-likeness (QED) is 0.802. The van der Waals surface area contributed by atoms with Crippen molar-refractivity contribution >= 4 is 11.1 Å². The summed E-state index contributed by atoms with van der Waals surface area (Å²) in [5, 5.41) is 0. The maximum atomic E-state index is 14.1. The van der Waals surface area contributed by atoms with Crippen molar-refractivity contribution in [1.82, 2.24) is 4.98 Å². The van der Waals surface area contributed by atoms with E-state index in [1.54, 1.807) is 18.2 Å². The topological polar surface area (TPSA) is 61.3 Å². The Labute approximate surface area is 121 Å². The van der Waals surface area contributed by atoms with Crippen molar-refractivity contribution in [3.8, 4) is 5.75 Å². The monoisotopic (exact) mass is 286 g/mol. The smallest absolute Gasteiger partial charge is 0.152 e. The van der Waals surface area contributed by atoms with Crippen LogP contribution < -0.4 is 10.5 Å². The molecule has 2 heterocycles. The van der Waals surface area contributed by atoms with Crippen molar-refractivity contribution in [3.63, 3.8) is 0 Å². The summed E-state index contributed by atoms with van der Waals surface area (Å²) in [7, 11) is 1.48. The lowest BCUT2D eigenvalue weighted by atomic mass is 10.0. The Morgan fingerprint density at radius 2 is 2.10 bits per heavy atom. The van der Waals surface area contributed by atoms with Crippen molar-refractivity contribution in [2.45, 2.75) is 13.0 Å². The first-order valence-electron chi connectivity index (χ1n) is 6.55. The van der Waals surface area contributed by atoms with Crippen LogP contribution in [0.2, 0.25) is 0 Å². The number of ether oxygens (including phenoxy) is 1. The molecule has 0 aliphatic heterocycles. The molecule has 108 valence electrons. The SMILES string of the molecule is COc1cccc(F)c1C(N)c1cc2nc(C)ccc2o1. The highest BCUT2D eigenvalue weighted by Crippen LogP contribution is 2.32. The van der Waals surface area contributed by atoms with E-state index >= 15 is 0 Å². The van der Waals surface area contributed by atoms with Gasteiger partial charge in [0.25, 0.3) is 0 Å². The van der Waals surface area contributed by atoms with E-state index in [-0.39, 0.29) is 5.56 Å². The van der Waals surface area contributed by atoms with E-state index in [0.717, 1.165) is 5.69 Å². The second-order valence-electron chi connectivity index (χ2n) is 4.82. The minimum Gasteiger partial charge on any atom is -0.496 e. The van der Waals surface area contributed by atoms with Gasteiger partial charge in [-0.3, -0.25) is 0 Å². The van der Waals surface area contributed by atoms with Crippen LogP contribution in [-0.2, 0) is 0 Å². The molecule has 0 radical (unpaired) electrons. The van der Waals surface area contributed by atoms with Gasteiger partial charge in [-0.1, -0.05) is 6.07 Å². The van der Waals surface area contributed by atoms with E-state index in [9.17, 15) is 4.39 Å². The molecule has 0 aliphatic rings. The number of nitrogens with two attached hydrogens (primary N) is 1. The zero-order chi connectivity index (χ0) is 15.0. The number of benzene rings is 1. The molecule has 21 heavy (non-hydrogen) atoms. The molecule has 5 heteroatoms. The molecule has 0 spiro atoms. The molecule has 0 bridgehead atoms. The Hall–Kier alpha value is -2.40. The molecule has 2 aromatic heterocycles. The van der Waals surface area contributed by atoms with Gasteiger partial charge >= 0.3 is 0 Å². The number of fused-ring (bicyclic) bond motifs is 1. The van der Waals surface area contributed by atoms with E-state index in [1.165, 1.54) is 13.2 Å². The lowest BCUT2D eigenvalue weighted by molar-refractivity contribution is 0.397. The second-order valence-corrected chi connectivity index (χ2v) is 4.82. The average Bonchev–Trinajstić information content (AvgIpc) is 2.89. The number of pyridine rings is 1. The zero-order valence-electron chi connectivity index (χ0n) is 11.8. The first kappa shape index (κ1) is 13.6. The number of aromatic nitrogens is 1. The second kappa shape index (κ2) is 5.18. The molecule has 1 aromatic carbocycles. The van der Waals surface area contributed by atoms with Crippen LogP contribution in [0.5, 0.6) is 5.75 Å². The summed E-state index contributed by atoms with van der Waals surface area (Å²) in [5.41, 5.74) is 8.64. The van der Waals surface area contributed by atoms with Crippen molar-refractivity contribution in [2.24, 2.45) is 5.73 Å². The number of furan rings is 1. The summed E-state index contributed by atoms with van der Waals surface area (Å²) in [4.78, 5) is 4.36. The molecular weight excluding hydrogens is 271 g/mol. The normalized spacial score (nSPS) is 12.6. The number of methoxy groups -OCH3 is 1. The summed E-state index contributed by atoms with van der Waals surface area (Å²) in [6.07, 6.45) is 0. The molecule has 3 rings (SSSR count). The summed E-state index contributed by atoms with van der Waals surface area (Å²) in [6, 6.07) is 9.26. The number of hydrogen-bond acceptors (Lipinski definition) is 4. The molecule has 1 atom stereocenters. The molecular formula is C16H15FN2O2. The number of aryl methyl sites for hydroxylation is 1. The van der Waals surface area contributed by atoms with Gasteiger partial charge in [-0.2, -0.15) is 0 Å². The molecule has 0 saturated heterocycles. The van der Waals surface area contributed by atoms with Gasteiger partial charge in [0.1, 0.15) is 22.8 Å². The van der Waals surface area contributed by atoms with Gasteiger partial charge in [0.15, 0.2) is 5.58 Å². The molecule has 2 N–H and O–H groups in total. The average molecular weight is 286 g/mol. The highest BCUT2D eigenvalue weighted by atomic mass is 19.1. The predicted octanol–water partition coefficient (Wildman–Crippen LogP) is 3.33. The highest BCUT2D eigenvalue weighted by molar-refractivity contribution is 5.73. The lowest BCUT2D eigenvalue weighted by Crippen LogP contribution is -2.14. The third kappa shape index (κ3) is 2.36. The number of nitrogens with zero attached hydrogens (tertiary/aromatic N) is 1. The number of halogens is 1. The summed E-state index contributed by atoms with van der Waals surface area (Å²) in [5.74, 6) is 0.421. The first-order chi connectivity index (χ1) is 10.1. The molecule has 4 nitrogen and oxygen atoms in total. The van der Waals surface area contributed by atoms with E-state index in [0.29, 0.717) is 22.6 Å². The van der Waals surface area contributed by atoms with Gasteiger partial charge in [-0.05, 0) is 31.2 Å². The Morgan fingerprint density at radius 1 is 1.29 bits per heavy atom. The molecule has 0 aliphatic carbocycles. The maximum Gasteiger partial charge on any atom is 0.152 e. The van der Waals surface area contributed by atoms with E-state index in [2.05, 4.69) is 4.98 Å². The van der Waals surface area contributed by atoms with Gasteiger partial charge in [-0.15, -0.1) is 0 Å². The molecule has 3 aromatic rings. The maximum absolute atomic E-state index is 14.1. The summed E-state index contributed by atoms with van der Waals surface area (Å²) >= 11 is 0. The molecule has 0 amide bonds. The van der Waals surface area contributed by atoms with Crippen LogP contribution in [0.25, 0.3) is 11.1 Å². The van der Waals surface area contributed by atoms with Gasteiger partial charge in [-0.25, -0.2) is 9.37 Å². The van der Waals surface area contributed by atoms with Crippen LogP contribution in [-0.4, -0.2) is 12.1 Å². The Morgan fingerprint density at radius 3 is 2.86 bits per heavy atom. The lowest BCUT2D eigenvalue weighted by Gasteiger charge is -2.14. The van der Waals surface area contributed by atoms with Gasteiger partial charge < -0.3 is 14.9 Å². The number of rotatable bonds is 3. The van der Waals surface area contributed by atoms with Crippen molar-refractivity contribution in [2.75, 3.05) is 7.11 Å². The largest absolute Gasteiger partial charge is 0.496 e. The minimum atomic E-state index is -0.754. The summed E-state index contributed by atoms with van der Waals surface area (Å²) < 4.78 is 24.9. The van der Waals surface area contributed by atoms with Crippen LogP contribution in [0.15, 0.2) is 40.8 Å². The van der Waals surface area contributed by atoms with Crippen LogP contribution in [0.1, 0.15) is 23.1 Å². The van der Waals surface area contributed by atoms with E-state index < -0.39 is 11.9 Å². The molecule has 0 fully saturated rings. The Kier molecular flexibility index (Phi) is 3.35.